The van der Waals surface area contributed by atoms with Crippen LogP contribution in [0.5, 0.6) is 17.2 Å². The summed E-state index contributed by atoms with van der Waals surface area (Å²) in [6.07, 6.45) is 2.82. The van der Waals surface area contributed by atoms with Crippen LogP contribution in [0.2, 0.25) is 0 Å². The van der Waals surface area contributed by atoms with Crippen LogP contribution in [0.3, 0.4) is 0 Å². The van der Waals surface area contributed by atoms with Gasteiger partial charge in [-0.1, -0.05) is 5.16 Å². The molecule has 168 valence electrons. The molecule has 0 saturated heterocycles. The van der Waals surface area contributed by atoms with Crippen molar-refractivity contribution in [3.05, 3.63) is 39.9 Å². The predicted octanol–water partition coefficient (Wildman–Crippen LogP) is 4.03. The second-order valence-electron chi connectivity index (χ2n) is 8.05. The van der Waals surface area contributed by atoms with E-state index >= 15 is 0 Å². The Morgan fingerprint density at radius 1 is 1.06 bits per heavy atom. The van der Waals surface area contributed by atoms with E-state index in [1.54, 1.807) is 19.2 Å². The lowest BCUT2D eigenvalue weighted by Crippen LogP contribution is -2.18. The zero-order chi connectivity index (χ0) is 22.8. The van der Waals surface area contributed by atoms with Crippen LogP contribution in [0.1, 0.15) is 24.0 Å². The Balaban J connectivity index is 1.76. The molecule has 1 fully saturated rings. The van der Waals surface area contributed by atoms with E-state index in [0.29, 0.717) is 22.8 Å². The zero-order valence-corrected chi connectivity index (χ0v) is 20.1. The highest BCUT2D eigenvalue weighted by Crippen LogP contribution is 2.60. The van der Waals surface area contributed by atoms with Gasteiger partial charge in [-0.2, -0.15) is 0 Å². The predicted molar refractivity (Wildman–Crippen MR) is 121 cm³/mol. The van der Waals surface area contributed by atoms with Crippen molar-refractivity contribution in [3.63, 3.8) is 0 Å². The minimum absolute atomic E-state index is 0.0000919. The third-order valence-corrected chi connectivity index (χ3v) is 7.88. The summed E-state index contributed by atoms with van der Waals surface area (Å²) in [5.41, 5.74) is 4.05. The molecular weight excluding hydrogens is 500 g/mol. The average Bonchev–Trinajstić information content (AvgIpc) is 3.41. The zero-order valence-electron chi connectivity index (χ0n) is 17.7. The summed E-state index contributed by atoms with van der Waals surface area (Å²) in [6.45, 7) is 0. The van der Waals surface area contributed by atoms with Gasteiger partial charge in [-0.3, -0.25) is 0 Å². The Bertz CT molecular complexity index is 1360. The molecule has 5 rings (SSSR count). The van der Waals surface area contributed by atoms with E-state index in [-0.39, 0.29) is 21.8 Å². The van der Waals surface area contributed by atoms with Crippen LogP contribution in [-0.4, -0.2) is 34.9 Å². The Hall–Kier alpha value is -2.56. The summed E-state index contributed by atoms with van der Waals surface area (Å²) in [7, 11) is 0.255. The van der Waals surface area contributed by atoms with E-state index in [1.807, 2.05) is 6.07 Å². The molecule has 2 aliphatic rings. The monoisotopic (exact) mass is 520 g/mol. The molecule has 2 aromatic carbocycles. The number of hydrogen-bond donors (Lipinski definition) is 1. The smallest absolute Gasteiger partial charge is 0.245 e. The maximum Gasteiger partial charge on any atom is 0.245 e. The first kappa shape index (κ1) is 21.3. The lowest BCUT2D eigenvalue weighted by molar-refractivity contribution is 0.374. The van der Waals surface area contributed by atoms with Crippen molar-refractivity contribution in [2.24, 2.45) is 5.14 Å². The Labute approximate surface area is 193 Å². The molecule has 1 spiro atoms. The molecule has 0 amide bonds. The fourth-order valence-electron chi connectivity index (χ4n) is 4.63. The van der Waals surface area contributed by atoms with E-state index in [2.05, 4.69) is 27.2 Å². The van der Waals surface area contributed by atoms with Crippen LogP contribution in [0, 0.1) is 0 Å². The van der Waals surface area contributed by atoms with Crippen molar-refractivity contribution in [2.75, 3.05) is 21.3 Å². The SMILES string of the molecule is COc1cc2c(cc1Br)C1(CC1)Cc1c(-c3ccc(OC)c(S(N)(=O)=O)c3OC)noc1-2. The molecule has 2 aliphatic carbocycles. The molecule has 8 nitrogen and oxygen atoms in total. The number of sulfonamides is 1. The second-order valence-corrected chi connectivity index (χ2v) is 10.4. The van der Waals surface area contributed by atoms with Crippen LogP contribution < -0.4 is 19.3 Å². The van der Waals surface area contributed by atoms with Crippen LogP contribution in [-0.2, 0) is 21.9 Å². The van der Waals surface area contributed by atoms with Gasteiger partial charge in [0.25, 0.3) is 0 Å². The van der Waals surface area contributed by atoms with E-state index in [0.717, 1.165) is 34.9 Å². The molecule has 0 radical (unpaired) electrons. The van der Waals surface area contributed by atoms with Gasteiger partial charge in [0.05, 0.1) is 25.8 Å². The Morgan fingerprint density at radius 2 is 1.78 bits per heavy atom. The third-order valence-electron chi connectivity index (χ3n) is 6.30. The largest absolute Gasteiger partial charge is 0.496 e. The van der Waals surface area contributed by atoms with Crippen molar-refractivity contribution in [1.29, 1.82) is 0 Å². The maximum absolute atomic E-state index is 12.3. The first-order valence-electron chi connectivity index (χ1n) is 9.89. The van der Waals surface area contributed by atoms with Crippen LogP contribution in [0.25, 0.3) is 22.6 Å². The van der Waals surface area contributed by atoms with E-state index in [1.165, 1.54) is 19.8 Å². The quantitative estimate of drug-likeness (QED) is 0.539. The molecule has 32 heavy (non-hydrogen) atoms. The standard InChI is InChI=1S/C22H21BrN2O6S/c1-28-16-5-4-11(20(30-3)21(16)32(24,26)27)18-13-10-22(6-7-22)14-9-15(23)17(29-2)8-12(14)19(13)31-25-18/h4-5,8-9H,6-7,10H2,1-3H3,(H2,24,26,27). The minimum atomic E-state index is -4.13. The van der Waals surface area contributed by atoms with Crippen LogP contribution in [0.4, 0.5) is 0 Å². The highest BCUT2D eigenvalue weighted by molar-refractivity contribution is 9.10. The fraction of sp³-hybridized carbons (Fsp3) is 0.318. The van der Waals surface area contributed by atoms with Gasteiger partial charge >= 0.3 is 0 Å². The van der Waals surface area contributed by atoms with Gasteiger partial charge < -0.3 is 18.7 Å². The van der Waals surface area contributed by atoms with Gasteiger partial charge in [-0.15, -0.1) is 0 Å². The third kappa shape index (κ3) is 3.04. The number of aromatic nitrogens is 1. The molecule has 3 aromatic rings. The number of primary sulfonamides is 1. The van der Waals surface area contributed by atoms with Gasteiger partial charge in [0.1, 0.15) is 17.2 Å². The van der Waals surface area contributed by atoms with Gasteiger partial charge in [0, 0.05) is 22.1 Å². The molecule has 2 N–H and O–H groups in total. The van der Waals surface area contributed by atoms with Gasteiger partial charge in [0.2, 0.25) is 10.0 Å². The first-order chi connectivity index (χ1) is 15.2. The summed E-state index contributed by atoms with van der Waals surface area (Å²) in [4.78, 5) is -0.223. The summed E-state index contributed by atoms with van der Waals surface area (Å²) in [5, 5.41) is 9.82. The number of ether oxygens (including phenoxy) is 3. The number of benzene rings is 2. The highest BCUT2D eigenvalue weighted by Gasteiger charge is 2.51. The Morgan fingerprint density at radius 3 is 2.38 bits per heavy atom. The van der Waals surface area contributed by atoms with Crippen molar-refractivity contribution in [3.8, 4) is 39.8 Å². The van der Waals surface area contributed by atoms with Crippen LogP contribution in [0.15, 0.2) is 38.2 Å². The van der Waals surface area contributed by atoms with Crippen molar-refractivity contribution >= 4 is 26.0 Å². The van der Waals surface area contributed by atoms with Crippen molar-refractivity contribution in [2.45, 2.75) is 29.6 Å². The van der Waals surface area contributed by atoms with Crippen molar-refractivity contribution < 1.29 is 27.2 Å². The molecule has 0 atom stereocenters. The highest BCUT2D eigenvalue weighted by atomic mass is 79.9. The molecule has 1 aromatic heterocycles. The van der Waals surface area contributed by atoms with Crippen LogP contribution >= 0.6 is 15.9 Å². The van der Waals surface area contributed by atoms with Gasteiger partial charge in [0.15, 0.2) is 16.4 Å². The topological polar surface area (TPSA) is 114 Å². The molecule has 0 unspecified atom stereocenters. The van der Waals surface area contributed by atoms with Gasteiger partial charge in [-0.05, 0) is 65.0 Å². The number of nitrogens with zero attached hydrogens (tertiary/aromatic N) is 1. The number of halogens is 1. The Kier molecular flexibility index (Phi) is 4.81. The summed E-state index contributed by atoms with van der Waals surface area (Å²) in [5.74, 6) is 1.52. The molecule has 0 bridgehead atoms. The lowest BCUT2D eigenvalue weighted by Gasteiger charge is -2.25. The molecule has 0 aliphatic heterocycles. The van der Waals surface area contributed by atoms with Crippen molar-refractivity contribution in [1.82, 2.24) is 5.16 Å². The van der Waals surface area contributed by atoms with E-state index in [9.17, 15) is 8.42 Å². The molecule has 1 saturated carbocycles. The molecular formula is C22H21BrN2O6S. The fourth-order valence-corrected chi connectivity index (χ4v) is 6.02. The lowest BCUT2D eigenvalue weighted by atomic mass is 9.78. The number of nitrogens with two attached hydrogens (primary N) is 1. The summed E-state index contributed by atoms with van der Waals surface area (Å²) in [6, 6.07) is 7.30. The molecule has 1 heterocycles. The number of methoxy groups -OCH3 is 3. The van der Waals surface area contributed by atoms with Gasteiger partial charge in [-0.25, -0.2) is 13.6 Å². The second kappa shape index (κ2) is 7.23. The summed E-state index contributed by atoms with van der Waals surface area (Å²) < 4.78 is 47.6. The van der Waals surface area contributed by atoms with E-state index in [4.69, 9.17) is 23.9 Å². The summed E-state index contributed by atoms with van der Waals surface area (Å²) >= 11 is 3.59. The normalized spacial score (nSPS) is 15.8. The molecule has 10 heteroatoms. The minimum Gasteiger partial charge on any atom is -0.496 e. The number of rotatable bonds is 5. The average molecular weight is 521 g/mol. The first-order valence-corrected chi connectivity index (χ1v) is 12.2. The van der Waals surface area contributed by atoms with E-state index < -0.39 is 10.0 Å². The number of fused-ring (bicyclic) bond motifs is 4. The maximum atomic E-state index is 12.3. The number of hydrogen-bond acceptors (Lipinski definition) is 7.